The van der Waals surface area contributed by atoms with Crippen LogP contribution >= 0.6 is 0 Å². The molecule has 0 radical (unpaired) electrons. The molecule has 2 bridgehead atoms. The molecular formula is C44H58N6O9SSi+2. The lowest BCUT2D eigenvalue weighted by atomic mass is 9.77. The van der Waals surface area contributed by atoms with Gasteiger partial charge in [0.2, 0.25) is 5.91 Å². The molecule has 2 N–H and O–H groups in total. The Kier molecular flexibility index (Phi) is 11.2. The topological polar surface area (TPSA) is 179 Å². The molecule has 0 saturated carbocycles. The predicted molar refractivity (Wildman–Crippen MR) is 232 cm³/mol. The van der Waals surface area contributed by atoms with Gasteiger partial charge >= 0.3 is 5.97 Å². The summed E-state index contributed by atoms with van der Waals surface area (Å²) < 4.78 is 45.0. The highest BCUT2D eigenvalue weighted by molar-refractivity contribution is 7.93. The van der Waals surface area contributed by atoms with E-state index >= 15 is 0 Å². The maximum Gasteiger partial charge on any atom is 0.355 e. The van der Waals surface area contributed by atoms with Crippen molar-refractivity contribution in [3.05, 3.63) is 87.1 Å². The third-order valence-electron chi connectivity index (χ3n) is 15.1. The van der Waals surface area contributed by atoms with Crippen LogP contribution in [0.15, 0.2) is 70.8 Å². The minimum atomic E-state index is -4.07. The number of esters is 1. The minimum absolute atomic E-state index is 0.0484. The van der Waals surface area contributed by atoms with Crippen LogP contribution in [0.1, 0.15) is 45.7 Å². The fraction of sp³-hybridized carbons (Fsp3) is 0.523. The molecule has 4 atom stereocenters. The predicted octanol–water partition coefficient (Wildman–Crippen LogP) is 4.83. The zero-order valence-corrected chi connectivity index (χ0v) is 37.6. The molecule has 15 nitrogen and oxygen atoms in total. The zero-order valence-electron chi connectivity index (χ0n) is 35.8. The van der Waals surface area contributed by atoms with Gasteiger partial charge in [-0.25, -0.2) is 13.2 Å². The van der Waals surface area contributed by atoms with Crippen LogP contribution < -0.4 is 10.0 Å². The Morgan fingerprint density at radius 2 is 1.61 bits per heavy atom. The van der Waals surface area contributed by atoms with Crippen molar-refractivity contribution >= 4 is 58.3 Å². The molecule has 6 heterocycles. The number of benzene rings is 3. The maximum atomic E-state index is 14.6. The molecule has 61 heavy (non-hydrogen) atoms. The summed E-state index contributed by atoms with van der Waals surface area (Å²) >= 11 is 0. The third kappa shape index (κ3) is 7.25. The first kappa shape index (κ1) is 43.0. The van der Waals surface area contributed by atoms with Crippen molar-refractivity contribution in [2.24, 2.45) is 17.6 Å². The number of nitro benzene ring substituents is 1. The SMILES string of the molecule is CC[Si](CC)(CC)O[C@H](C)[C@H]1C(=O)N2C(C(=O)OCc3ccc([N+](=O)[O-])cc3)=C(CN3c4cccc5c(CC[N+]67CC[N+](CC(N)=O)(CC6)CC7)ccc(c45)S3(=O)=O)[C@H](C)[C@H]12. The number of nitrogens with zero attached hydrogens (tertiary/aromatic N) is 5. The average Bonchev–Trinajstić information content (AvgIpc) is 3.62. The number of sulfonamides is 1. The van der Waals surface area contributed by atoms with Gasteiger partial charge in [0.1, 0.15) is 51.6 Å². The number of nitro groups is 1. The van der Waals surface area contributed by atoms with Gasteiger partial charge in [0.15, 0.2) is 14.9 Å². The number of nitrogens with two attached hydrogens (primary N) is 1. The molecule has 2 amide bonds. The van der Waals surface area contributed by atoms with E-state index in [0.717, 1.165) is 90.3 Å². The molecule has 3 aromatic rings. The molecule has 9 rings (SSSR count). The lowest BCUT2D eigenvalue weighted by Crippen LogP contribution is -2.76. The summed E-state index contributed by atoms with van der Waals surface area (Å²) in [5.74, 6) is -2.18. The fourth-order valence-electron chi connectivity index (χ4n) is 11.1. The van der Waals surface area contributed by atoms with E-state index in [9.17, 15) is 32.9 Å². The van der Waals surface area contributed by atoms with Gasteiger partial charge in [-0.3, -0.25) is 24.0 Å². The summed E-state index contributed by atoms with van der Waals surface area (Å²) in [6, 6.07) is 17.3. The summed E-state index contributed by atoms with van der Waals surface area (Å²) in [6.45, 7) is 17.0. The van der Waals surface area contributed by atoms with Crippen LogP contribution in [0.3, 0.4) is 0 Å². The second-order valence-electron chi connectivity index (χ2n) is 18.0. The number of rotatable bonds is 17. The molecule has 0 aliphatic carbocycles. The van der Waals surface area contributed by atoms with Gasteiger partial charge in [-0.15, -0.1) is 0 Å². The molecular weight excluding hydrogens is 817 g/mol. The number of β-lactam (4-membered cyclic amide) rings is 1. The number of quaternary nitrogens is 2. The van der Waals surface area contributed by atoms with E-state index in [1.807, 2.05) is 38.1 Å². The number of piperazine rings is 3. The smallest absolute Gasteiger partial charge is 0.355 e. The number of carbonyl (C=O) groups excluding carboxylic acids is 3. The number of primary amides is 1. The van der Waals surface area contributed by atoms with Gasteiger partial charge in [0, 0.05) is 29.9 Å². The zero-order chi connectivity index (χ0) is 43.6. The molecule has 0 spiro atoms. The van der Waals surface area contributed by atoms with Gasteiger partial charge in [-0.05, 0) is 71.4 Å². The van der Waals surface area contributed by atoms with Crippen molar-refractivity contribution in [1.82, 2.24) is 4.90 Å². The maximum absolute atomic E-state index is 14.6. The number of hydrogen-bond donors (Lipinski definition) is 1. The van der Waals surface area contributed by atoms with Crippen LogP contribution in [-0.4, -0.2) is 124 Å². The minimum Gasteiger partial charge on any atom is -0.456 e. The Labute approximate surface area is 358 Å². The van der Waals surface area contributed by atoms with Crippen LogP contribution in [0, 0.1) is 22.0 Å². The van der Waals surface area contributed by atoms with E-state index in [1.165, 1.54) is 33.5 Å². The van der Waals surface area contributed by atoms with E-state index in [1.54, 1.807) is 6.07 Å². The van der Waals surface area contributed by atoms with Crippen molar-refractivity contribution in [2.75, 3.05) is 63.2 Å². The van der Waals surface area contributed by atoms with Gasteiger partial charge in [-0.1, -0.05) is 45.9 Å². The van der Waals surface area contributed by atoms with Crippen molar-refractivity contribution in [3.8, 4) is 0 Å². The first-order chi connectivity index (χ1) is 29.0. The Balaban J connectivity index is 1.09. The van der Waals surface area contributed by atoms with Crippen LogP contribution in [0.25, 0.3) is 10.8 Å². The molecule has 0 aromatic heterocycles. The van der Waals surface area contributed by atoms with Crippen LogP contribution in [0.5, 0.6) is 0 Å². The quantitative estimate of drug-likeness (QED) is 0.0497. The van der Waals surface area contributed by atoms with Crippen molar-refractivity contribution in [1.29, 1.82) is 0 Å². The highest BCUT2D eigenvalue weighted by Gasteiger charge is 2.61. The molecule has 17 heteroatoms. The number of fused-ring (bicyclic) bond motifs is 4. The van der Waals surface area contributed by atoms with E-state index in [2.05, 4.69) is 20.8 Å². The summed E-state index contributed by atoms with van der Waals surface area (Å²) in [4.78, 5) is 52.7. The first-order valence-electron chi connectivity index (χ1n) is 21.7. The second-order valence-corrected chi connectivity index (χ2v) is 24.6. The van der Waals surface area contributed by atoms with E-state index in [0.29, 0.717) is 28.8 Å². The van der Waals surface area contributed by atoms with Crippen molar-refractivity contribution < 1.29 is 45.9 Å². The van der Waals surface area contributed by atoms with Gasteiger partial charge in [0.05, 0.1) is 46.7 Å². The van der Waals surface area contributed by atoms with Gasteiger partial charge in [-0.2, -0.15) is 0 Å². The normalized spacial score (nSPS) is 26.7. The number of hydrogen-bond acceptors (Lipinski definition) is 9. The lowest BCUT2D eigenvalue weighted by Gasteiger charge is -2.55. The molecule has 326 valence electrons. The van der Waals surface area contributed by atoms with Crippen LogP contribution in [-0.2, 0) is 46.6 Å². The Morgan fingerprint density at radius 3 is 2.21 bits per heavy atom. The molecule has 6 aliphatic rings. The van der Waals surface area contributed by atoms with E-state index < -0.39 is 53.2 Å². The highest BCUT2D eigenvalue weighted by Crippen LogP contribution is 2.51. The fourth-order valence-corrected chi connectivity index (χ4v) is 15.7. The van der Waals surface area contributed by atoms with Crippen LogP contribution in [0.4, 0.5) is 11.4 Å². The van der Waals surface area contributed by atoms with Gasteiger partial charge < -0.3 is 28.8 Å². The van der Waals surface area contributed by atoms with E-state index in [4.69, 9.17) is 14.9 Å². The number of carbonyl (C=O) groups is 3. The highest BCUT2D eigenvalue weighted by atomic mass is 32.2. The van der Waals surface area contributed by atoms with E-state index in [-0.39, 0.29) is 41.2 Å². The largest absolute Gasteiger partial charge is 0.456 e. The average molecular weight is 875 g/mol. The summed E-state index contributed by atoms with van der Waals surface area (Å²) in [5, 5.41) is 12.8. The summed E-state index contributed by atoms with van der Waals surface area (Å²) in [6.07, 6.45) is 0.366. The number of non-ortho nitro benzene ring substituents is 1. The Bertz CT molecular complexity index is 2410. The second kappa shape index (κ2) is 15.9. The number of ether oxygens (including phenoxy) is 1. The molecule has 0 unspecified atom stereocenters. The first-order valence-corrected chi connectivity index (χ1v) is 25.7. The number of amides is 2. The standard InChI is InChI=1S/C44H57N6O9SSi/c1-6-61(7-2,8-3)59-30(5)39-41-29(4)35(42(47(41)43(39)52)44(53)58-28-31-12-15-33(16-13-31)48(54)55)26-46-36-11-9-10-34-32(14-17-37(40(34)36)60(46,56)57)18-19-49-20-23-50(24-21-49,25-22-49)27-38(45)51/h9-17,29-30,39,41H,6-8,18-28H2,1-5H3,(H-,45,51)/q+1/p+1/t29-,30+,39+,41+,49?,50?/m0/s1. The Morgan fingerprint density at radius 1 is 0.967 bits per heavy atom. The summed E-state index contributed by atoms with van der Waals surface area (Å²) in [7, 11) is -6.18. The monoisotopic (exact) mass is 874 g/mol. The molecule has 6 aliphatic heterocycles. The molecule has 4 fully saturated rings. The summed E-state index contributed by atoms with van der Waals surface area (Å²) in [5.41, 5.74) is 8.18. The molecule has 3 aromatic carbocycles. The van der Waals surface area contributed by atoms with Crippen molar-refractivity contribution in [2.45, 2.75) is 82.8 Å². The third-order valence-corrected chi connectivity index (χ3v) is 21.6. The molecule has 4 saturated heterocycles. The number of anilines is 1. The lowest BCUT2D eigenvalue weighted by molar-refractivity contribution is -1.08. The van der Waals surface area contributed by atoms with Gasteiger partial charge in [0.25, 0.3) is 21.6 Å². The van der Waals surface area contributed by atoms with Crippen molar-refractivity contribution in [3.63, 3.8) is 0 Å². The van der Waals surface area contributed by atoms with Crippen LogP contribution in [0.2, 0.25) is 18.1 Å². The Hall–Kier alpha value is -4.68.